The highest BCUT2D eigenvalue weighted by Crippen LogP contribution is 2.38. The van der Waals surface area contributed by atoms with Crippen LogP contribution in [0.4, 0.5) is 4.79 Å². The molecule has 3 aromatic rings. The summed E-state index contributed by atoms with van der Waals surface area (Å²) in [6.07, 6.45) is 1.60. The quantitative estimate of drug-likeness (QED) is 0.124. The predicted molar refractivity (Wildman–Crippen MR) is 145 cm³/mol. The molecular formula is C25H16Cl2INO5S. The van der Waals surface area contributed by atoms with E-state index in [-0.39, 0.29) is 33.0 Å². The van der Waals surface area contributed by atoms with Crippen molar-refractivity contribution in [1.29, 1.82) is 0 Å². The molecule has 6 nitrogen and oxygen atoms in total. The summed E-state index contributed by atoms with van der Waals surface area (Å²) in [5.74, 6) is -0.504. The summed E-state index contributed by atoms with van der Waals surface area (Å²) in [6.45, 7) is 0.125. The van der Waals surface area contributed by atoms with Crippen molar-refractivity contribution in [2.75, 3.05) is 7.11 Å². The number of imide groups is 1. The van der Waals surface area contributed by atoms with Gasteiger partial charge in [0.25, 0.3) is 11.1 Å². The lowest BCUT2D eigenvalue weighted by Gasteiger charge is -2.13. The van der Waals surface area contributed by atoms with Crippen molar-refractivity contribution in [3.8, 4) is 11.5 Å². The molecule has 1 aliphatic heterocycles. The normalized spacial score (nSPS) is 14.5. The molecule has 1 fully saturated rings. The Morgan fingerprint density at radius 2 is 1.86 bits per heavy atom. The number of carbonyl (C=O) groups is 3. The molecule has 0 N–H and O–H groups in total. The van der Waals surface area contributed by atoms with Crippen LogP contribution in [0.5, 0.6) is 11.5 Å². The van der Waals surface area contributed by atoms with E-state index >= 15 is 0 Å². The molecule has 2 amide bonds. The average molecular weight is 640 g/mol. The molecule has 1 saturated heterocycles. The first-order valence-electron chi connectivity index (χ1n) is 10.1. The third kappa shape index (κ3) is 5.83. The summed E-state index contributed by atoms with van der Waals surface area (Å²) in [4.78, 5) is 39.5. The van der Waals surface area contributed by atoms with Crippen LogP contribution in [0.1, 0.15) is 21.5 Å². The van der Waals surface area contributed by atoms with E-state index in [2.05, 4.69) is 0 Å². The second kappa shape index (κ2) is 11.0. The molecule has 3 aromatic carbocycles. The van der Waals surface area contributed by atoms with E-state index in [1.807, 2.05) is 22.6 Å². The first-order chi connectivity index (χ1) is 16.8. The van der Waals surface area contributed by atoms with Gasteiger partial charge in [-0.15, -0.1) is 0 Å². The maximum atomic E-state index is 12.9. The molecule has 35 heavy (non-hydrogen) atoms. The van der Waals surface area contributed by atoms with Gasteiger partial charge in [-0.3, -0.25) is 14.5 Å². The Labute approximate surface area is 229 Å². The molecule has 4 rings (SSSR count). The van der Waals surface area contributed by atoms with Gasteiger partial charge in [0, 0.05) is 5.02 Å². The second-order valence-corrected chi connectivity index (χ2v) is 10.3. The van der Waals surface area contributed by atoms with E-state index in [9.17, 15) is 14.4 Å². The van der Waals surface area contributed by atoms with Crippen LogP contribution in [-0.2, 0) is 11.3 Å². The minimum Gasteiger partial charge on any atom is -0.493 e. The van der Waals surface area contributed by atoms with E-state index in [0.717, 1.165) is 17.3 Å². The fourth-order valence-corrected chi connectivity index (χ4v) is 5.30. The number of halogens is 3. The molecule has 0 aliphatic carbocycles. The Balaban J connectivity index is 1.57. The van der Waals surface area contributed by atoms with E-state index in [0.29, 0.717) is 19.9 Å². The molecule has 178 valence electrons. The number of hydrogen-bond donors (Lipinski definition) is 0. The zero-order chi connectivity index (χ0) is 25.1. The van der Waals surface area contributed by atoms with E-state index < -0.39 is 11.9 Å². The molecule has 0 aromatic heterocycles. The number of thioether (sulfide) groups is 1. The summed E-state index contributed by atoms with van der Waals surface area (Å²) in [5.41, 5.74) is 1.59. The van der Waals surface area contributed by atoms with Crippen LogP contribution in [0.2, 0.25) is 10.0 Å². The number of esters is 1. The Kier molecular flexibility index (Phi) is 8.05. The van der Waals surface area contributed by atoms with Gasteiger partial charge in [-0.2, -0.15) is 0 Å². The van der Waals surface area contributed by atoms with Crippen LogP contribution in [0.25, 0.3) is 6.08 Å². The summed E-state index contributed by atoms with van der Waals surface area (Å²) in [6, 6.07) is 16.9. The maximum Gasteiger partial charge on any atom is 0.345 e. The first-order valence-corrected chi connectivity index (χ1v) is 12.8. The van der Waals surface area contributed by atoms with Gasteiger partial charge in [-0.25, -0.2) is 4.79 Å². The number of amides is 2. The number of ether oxygens (including phenoxy) is 2. The van der Waals surface area contributed by atoms with Crippen molar-refractivity contribution in [3.05, 3.63) is 95.9 Å². The fraction of sp³-hybridized carbons (Fsp3) is 0.0800. The molecule has 0 saturated carbocycles. The number of rotatable bonds is 6. The van der Waals surface area contributed by atoms with Crippen molar-refractivity contribution in [1.82, 2.24) is 4.90 Å². The van der Waals surface area contributed by atoms with E-state index in [1.165, 1.54) is 12.0 Å². The summed E-state index contributed by atoms with van der Waals surface area (Å²) >= 11 is 15.0. The minimum absolute atomic E-state index is 0.125. The third-order valence-electron chi connectivity index (χ3n) is 4.94. The SMILES string of the molecule is COc1cc(/C=C2\SC(=O)N(Cc3cccc(Cl)c3)C2=O)cc(I)c1OC(=O)c1ccccc1Cl. The van der Waals surface area contributed by atoms with Crippen molar-refractivity contribution in [2.24, 2.45) is 0 Å². The second-order valence-electron chi connectivity index (χ2n) is 7.30. The van der Waals surface area contributed by atoms with Gasteiger partial charge in [-0.1, -0.05) is 47.5 Å². The smallest absolute Gasteiger partial charge is 0.345 e. The summed E-state index contributed by atoms with van der Waals surface area (Å²) in [7, 11) is 1.45. The fourth-order valence-electron chi connectivity index (χ4n) is 3.30. The van der Waals surface area contributed by atoms with E-state index in [4.69, 9.17) is 32.7 Å². The Morgan fingerprint density at radius 1 is 1.09 bits per heavy atom. The Bertz CT molecular complexity index is 1380. The lowest BCUT2D eigenvalue weighted by atomic mass is 10.1. The van der Waals surface area contributed by atoms with Crippen LogP contribution in [0, 0.1) is 3.57 Å². The topological polar surface area (TPSA) is 72.9 Å². The van der Waals surface area contributed by atoms with Gasteiger partial charge in [0.15, 0.2) is 11.5 Å². The average Bonchev–Trinajstić information content (AvgIpc) is 3.08. The highest BCUT2D eigenvalue weighted by molar-refractivity contribution is 14.1. The lowest BCUT2D eigenvalue weighted by Crippen LogP contribution is -2.27. The van der Waals surface area contributed by atoms with Gasteiger partial charge >= 0.3 is 5.97 Å². The lowest BCUT2D eigenvalue weighted by molar-refractivity contribution is -0.123. The Hall–Kier alpha value is -2.53. The zero-order valence-corrected chi connectivity index (χ0v) is 22.6. The zero-order valence-electron chi connectivity index (χ0n) is 18.1. The number of hydrogen-bond acceptors (Lipinski definition) is 6. The third-order valence-corrected chi connectivity index (χ3v) is 7.21. The number of methoxy groups -OCH3 is 1. The number of nitrogens with zero attached hydrogens (tertiary/aromatic N) is 1. The van der Waals surface area contributed by atoms with Gasteiger partial charge in [-0.05, 0) is 88.0 Å². The van der Waals surface area contributed by atoms with Gasteiger partial charge in [0.1, 0.15) is 0 Å². The Morgan fingerprint density at radius 3 is 2.57 bits per heavy atom. The van der Waals surface area contributed by atoms with Crippen LogP contribution in [0.15, 0.2) is 65.6 Å². The molecule has 10 heteroatoms. The highest BCUT2D eigenvalue weighted by atomic mass is 127. The maximum absolute atomic E-state index is 12.9. The van der Waals surface area contributed by atoms with E-state index in [1.54, 1.807) is 66.7 Å². The van der Waals surface area contributed by atoms with Crippen molar-refractivity contribution >= 4 is 80.7 Å². The monoisotopic (exact) mass is 639 g/mol. The van der Waals surface area contributed by atoms with Gasteiger partial charge in [0.05, 0.1) is 32.7 Å². The molecule has 1 heterocycles. The number of benzene rings is 3. The van der Waals surface area contributed by atoms with Crippen LogP contribution < -0.4 is 9.47 Å². The molecule has 0 unspecified atom stereocenters. The highest BCUT2D eigenvalue weighted by Gasteiger charge is 2.35. The molecule has 0 atom stereocenters. The molecule has 0 radical (unpaired) electrons. The van der Waals surface area contributed by atoms with Crippen LogP contribution >= 0.6 is 57.6 Å². The van der Waals surface area contributed by atoms with Crippen LogP contribution in [-0.4, -0.2) is 29.1 Å². The summed E-state index contributed by atoms with van der Waals surface area (Å²) < 4.78 is 11.6. The molecule has 0 spiro atoms. The van der Waals surface area contributed by atoms with Gasteiger partial charge < -0.3 is 9.47 Å². The standard InChI is InChI=1S/C25H16Cl2INO5S/c1-33-20-11-15(10-19(28)22(20)34-24(31)17-7-2-3-8-18(17)27)12-21-23(30)29(25(32)35-21)13-14-5-4-6-16(26)9-14/h2-12H,13H2,1H3/b21-12-. The van der Waals surface area contributed by atoms with Crippen molar-refractivity contribution < 1.29 is 23.9 Å². The molecule has 1 aliphatic rings. The summed E-state index contributed by atoms with van der Waals surface area (Å²) in [5, 5.41) is 0.437. The minimum atomic E-state index is -0.623. The van der Waals surface area contributed by atoms with Crippen molar-refractivity contribution in [2.45, 2.75) is 6.54 Å². The molecule has 0 bridgehead atoms. The number of carbonyl (C=O) groups excluding carboxylic acids is 3. The predicted octanol–water partition coefficient (Wildman–Crippen LogP) is 7.06. The van der Waals surface area contributed by atoms with Crippen LogP contribution in [0.3, 0.4) is 0 Å². The van der Waals surface area contributed by atoms with Crippen molar-refractivity contribution in [3.63, 3.8) is 0 Å². The van der Waals surface area contributed by atoms with Gasteiger partial charge in [0.2, 0.25) is 0 Å². The largest absolute Gasteiger partial charge is 0.493 e. The molecular weight excluding hydrogens is 624 g/mol. The first kappa shape index (κ1) is 25.6.